The standard InChI is InChI=1S/C24H24FN5O.C22H22FN5/c1-15(31)28-23-20-12-16(4-5-17(20)13-26-23)21-10-11-22(30-29-21)27-14-24(2,3)18-6-8-19(25)9-7-18;1-22(2,16-5-7-17(23)8-6-16)13-26-20-10-9-19(27-28-20)14-3-4-15-12-25-21(24)18(15)11-14/h4-12H,13-14H2,1-3H3,(H,27,30)(H,26,28,31);3-11H,12-13H2,1-2H3,(H2,24,25)(H,26,28). The molecule has 2 aromatic heterocycles. The Bertz CT molecular complexity index is 2520. The highest BCUT2D eigenvalue weighted by molar-refractivity contribution is 6.10. The number of nitrogens with zero attached hydrogens (tertiary/aromatic N) is 6. The quantitative estimate of drug-likeness (QED) is 0.109. The number of nitrogens with one attached hydrogen (secondary N) is 3. The molecular formula is C46H46F2N10O. The molecule has 2 aliphatic heterocycles. The summed E-state index contributed by atoms with van der Waals surface area (Å²) >= 11 is 0. The lowest BCUT2D eigenvalue weighted by molar-refractivity contribution is -0.117. The number of aromatic nitrogens is 4. The van der Waals surface area contributed by atoms with Gasteiger partial charge in [-0.05, 0) is 82.9 Å². The fourth-order valence-corrected chi connectivity index (χ4v) is 6.78. The zero-order valence-electron chi connectivity index (χ0n) is 33.6. The van der Waals surface area contributed by atoms with Crippen molar-refractivity contribution in [3.63, 3.8) is 0 Å². The van der Waals surface area contributed by atoms with E-state index < -0.39 is 0 Å². The minimum Gasteiger partial charge on any atom is -0.383 e. The van der Waals surface area contributed by atoms with Gasteiger partial charge >= 0.3 is 0 Å². The molecule has 4 heterocycles. The van der Waals surface area contributed by atoms with E-state index in [-0.39, 0.29) is 28.4 Å². The fraction of sp³-hybridized carbons (Fsp3) is 0.239. The summed E-state index contributed by atoms with van der Waals surface area (Å²) in [6.07, 6.45) is 0. The van der Waals surface area contributed by atoms with Gasteiger partial charge in [-0.2, -0.15) is 0 Å². The Labute approximate surface area is 342 Å². The second-order valence-electron chi connectivity index (χ2n) is 15.9. The molecule has 0 saturated heterocycles. The summed E-state index contributed by atoms with van der Waals surface area (Å²) in [5.41, 5.74) is 15.1. The summed E-state index contributed by atoms with van der Waals surface area (Å²) in [6, 6.07) is 32.8. The Morgan fingerprint density at radius 2 is 1.07 bits per heavy atom. The average molecular weight is 793 g/mol. The zero-order valence-corrected chi connectivity index (χ0v) is 33.6. The molecule has 11 nitrogen and oxygen atoms in total. The Morgan fingerprint density at radius 1 is 0.610 bits per heavy atom. The van der Waals surface area contributed by atoms with Crippen molar-refractivity contribution in [1.82, 2.24) is 25.7 Å². The first-order valence-corrected chi connectivity index (χ1v) is 19.3. The number of hydrogen-bond donors (Lipinski definition) is 4. The van der Waals surface area contributed by atoms with Crippen molar-refractivity contribution >= 4 is 29.2 Å². The molecule has 0 saturated carbocycles. The molecule has 0 aliphatic carbocycles. The highest BCUT2D eigenvalue weighted by Crippen LogP contribution is 2.28. The van der Waals surface area contributed by atoms with E-state index in [1.807, 2.05) is 72.8 Å². The van der Waals surface area contributed by atoms with Crippen LogP contribution in [-0.2, 0) is 28.7 Å². The Morgan fingerprint density at radius 3 is 1.53 bits per heavy atom. The van der Waals surface area contributed by atoms with Crippen LogP contribution >= 0.6 is 0 Å². The van der Waals surface area contributed by atoms with Gasteiger partial charge in [0.15, 0.2) is 0 Å². The van der Waals surface area contributed by atoms with Gasteiger partial charge in [0.1, 0.15) is 34.9 Å². The smallest absolute Gasteiger partial charge is 0.222 e. The maximum atomic E-state index is 13.2. The lowest BCUT2D eigenvalue weighted by Gasteiger charge is -2.25. The first-order valence-electron chi connectivity index (χ1n) is 19.3. The van der Waals surface area contributed by atoms with E-state index in [0.29, 0.717) is 49.5 Å². The van der Waals surface area contributed by atoms with Crippen molar-refractivity contribution in [2.45, 2.75) is 58.5 Å². The van der Waals surface area contributed by atoms with E-state index in [9.17, 15) is 13.6 Å². The van der Waals surface area contributed by atoms with E-state index in [0.717, 1.165) is 55.9 Å². The van der Waals surface area contributed by atoms with Gasteiger partial charge in [0.25, 0.3) is 0 Å². The monoisotopic (exact) mass is 792 g/mol. The number of carbonyl (C=O) groups excluding carboxylic acids is 1. The number of halogens is 2. The van der Waals surface area contributed by atoms with Crippen LogP contribution < -0.4 is 21.7 Å². The van der Waals surface area contributed by atoms with E-state index in [1.54, 1.807) is 12.1 Å². The van der Waals surface area contributed by atoms with Gasteiger partial charge in [-0.15, -0.1) is 20.4 Å². The number of benzene rings is 4. The molecule has 300 valence electrons. The maximum absolute atomic E-state index is 13.2. The van der Waals surface area contributed by atoms with Crippen LogP contribution in [-0.4, -0.2) is 51.1 Å². The summed E-state index contributed by atoms with van der Waals surface area (Å²) in [6.45, 7) is 12.3. The van der Waals surface area contributed by atoms with Gasteiger partial charge in [-0.25, -0.2) is 8.78 Å². The highest BCUT2D eigenvalue weighted by atomic mass is 19.1. The molecule has 2 aliphatic rings. The molecule has 1 amide bonds. The molecule has 8 rings (SSSR count). The number of fused-ring (bicyclic) bond motifs is 2. The first kappa shape index (κ1) is 40.3. The van der Waals surface area contributed by atoms with Crippen molar-refractivity contribution in [3.8, 4) is 22.5 Å². The molecule has 0 atom stereocenters. The number of carbonyl (C=O) groups is 1. The molecule has 13 heteroatoms. The van der Waals surface area contributed by atoms with E-state index >= 15 is 0 Å². The number of amides is 1. The molecule has 0 spiro atoms. The second kappa shape index (κ2) is 16.9. The van der Waals surface area contributed by atoms with Crippen LogP contribution in [0.4, 0.5) is 20.4 Å². The Kier molecular flexibility index (Phi) is 11.6. The number of rotatable bonds is 10. The van der Waals surface area contributed by atoms with Crippen molar-refractivity contribution in [1.29, 1.82) is 0 Å². The fourth-order valence-electron chi connectivity index (χ4n) is 6.78. The summed E-state index contributed by atoms with van der Waals surface area (Å²) < 4.78 is 26.3. The minimum absolute atomic E-state index is 0.143. The largest absolute Gasteiger partial charge is 0.383 e. The van der Waals surface area contributed by atoms with Crippen molar-refractivity contribution in [3.05, 3.63) is 154 Å². The maximum Gasteiger partial charge on any atom is 0.222 e. The minimum atomic E-state index is -0.240. The Hall–Kier alpha value is -6.89. The van der Waals surface area contributed by atoms with Crippen molar-refractivity contribution in [2.75, 3.05) is 23.7 Å². The molecule has 0 bridgehead atoms. The summed E-state index contributed by atoms with van der Waals surface area (Å²) in [4.78, 5) is 20.0. The normalized spacial score (nSPS) is 13.0. The van der Waals surface area contributed by atoms with Crippen LogP contribution in [0.2, 0.25) is 0 Å². The van der Waals surface area contributed by atoms with Crippen LogP contribution in [0.5, 0.6) is 0 Å². The van der Waals surface area contributed by atoms with Crippen LogP contribution in [0.3, 0.4) is 0 Å². The van der Waals surface area contributed by atoms with Crippen LogP contribution in [0.1, 0.15) is 68.0 Å². The molecule has 0 unspecified atom stereocenters. The summed E-state index contributed by atoms with van der Waals surface area (Å²) in [5, 5.41) is 26.7. The van der Waals surface area contributed by atoms with Gasteiger partial charge in [0.2, 0.25) is 5.91 Å². The van der Waals surface area contributed by atoms with Gasteiger partial charge in [-0.1, -0.05) is 76.2 Å². The van der Waals surface area contributed by atoms with Gasteiger partial charge in [0, 0.05) is 53.1 Å². The van der Waals surface area contributed by atoms with E-state index in [1.165, 1.54) is 31.2 Å². The van der Waals surface area contributed by atoms with E-state index in [4.69, 9.17) is 5.73 Å². The topological polar surface area (TPSA) is 155 Å². The van der Waals surface area contributed by atoms with Crippen molar-refractivity contribution < 1.29 is 13.6 Å². The SMILES string of the molecule is CC(=O)NC1=NCc2ccc(-c3ccc(NCC(C)(C)c4ccc(F)cc4)nn3)cc21.CC(C)(CNc1ccc(-c2ccc3c(c2)C(N)=NC3)nn1)c1ccc(F)cc1. The highest BCUT2D eigenvalue weighted by Gasteiger charge is 2.23. The summed E-state index contributed by atoms with van der Waals surface area (Å²) in [7, 11) is 0. The third-order valence-corrected chi connectivity index (χ3v) is 10.5. The predicted molar refractivity (Wildman–Crippen MR) is 229 cm³/mol. The number of hydrogen-bond acceptors (Lipinski definition) is 10. The first-order chi connectivity index (χ1) is 28.2. The van der Waals surface area contributed by atoms with Gasteiger partial charge < -0.3 is 21.7 Å². The van der Waals surface area contributed by atoms with E-state index in [2.05, 4.69) is 74.0 Å². The molecule has 5 N–H and O–H groups in total. The lowest BCUT2D eigenvalue weighted by atomic mass is 9.84. The van der Waals surface area contributed by atoms with Crippen LogP contribution in [0.25, 0.3) is 22.5 Å². The molecule has 59 heavy (non-hydrogen) atoms. The third kappa shape index (κ3) is 9.63. The number of nitrogens with two attached hydrogens (primary N) is 1. The molecular weight excluding hydrogens is 747 g/mol. The van der Waals surface area contributed by atoms with Crippen molar-refractivity contribution in [2.24, 2.45) is 15.7 Å². The number of aliphatic imine (C=N–C) groups is 2. The summed E-state index contributed by atoms with van der Waals surface area (Å²) in [5.74, 6) is 1.92. The third-order valence-electron chi connectivity index (χ3n) is 10.5. The zero-order chi connectivity index (χ0) is 41.7. The molecule has 0 radical (unpaired) electrons. The second-order valence-corrected chi connectivity index (χ2v) is 15.9. The number of amidine groups is 2. The number of anilines is 2. The molecule has 4 aromatic carbocycles. The Balaban J connectivity index is 0.000000180. The average Bonchev–Trinajstić information content (AvgIpc) is 3.81. The van der Waals surface area contributed by atoms with Gasteiger partial charge in [-0.3, -0.25) is 14.8 Å². The lowest BCUT2D eigenvalue weighted by Crippen LogP contribution is -2.28. The van der Waals surface area contributed by atoms with Crippen LogP contribution in [0, 0.1) is 11.6 Å². The van der Waals surface area contributed by atoms with Crippen LogP contribution in [0.15, 0.2) is 119 Å². The molecule has 0 fully saturated rings. The molecule has 6 aromatic rings. The predicted octanol–water partition coefficient (Wildman–Crippen LogP) is 7.96. The van der Waals surface area contributed by atoms with Gasteiger partial charge in [0.05, 0.1) is 24.5 Å².